The summed E-state index contributed by atoms with van der Waals surface area (Å²) >= 11 is 0. The minimum atomic E-state index is -0.626. The Hall–Kier alpha value is -1.26. The first-order valence-electron chi connectivity index (χ1n) is 5.47. The maximum atomic E-state index is 11.6. The summed E-state index contributed by atoms with van der Waals surface area (Å²) in [7, 11) is 0. The number of hydrogen-bond acceptors (Lipinski definition) is 3. The van der Waals surface area contributed by atoms with E-state index in [2.05, 4.69) is 5.32 Å². The fraction of sp³-hybridized carbons (Fsp3) is 0.417. The average molecular weight is 257 g/mol. The van der Waals surface area contributed by atoms with Crippen LogP contribution in [0, 0.1) is 0 Å². The van der Waals surface area contributed by atoms with E-state index in [4.69, 9.17) is 10.5 Å². The van der Waals surface area contributed by atoms with Crippen LogP contribution in [0.4, 0.5) is 5.69 Å². The van der Waals surface area contributed by atoms with E-state index < -0.39 is 5.54 Å². The quantitative estimate of drug-likeness (QED) is 0.865. The van der Waals surface area contributed by atoms with Crippen molar-refractivity contribution in [2.45, 2.75) is 25.3 Å². The highest BCUT2D eigenvalue weighted by Gasteiger charge is 2.45. The van der Waals surface area contributed by atoms with Crippen LogP contribution in [0.3, 0.4) is 0 Å². The van der Waals surface area contributed by atoms with Gasteiger partial charge in [-0.3, -0.25) is 4.79 Å². The number of amides is 1. The lowest BCUT2D eigenvalue weighted by atomic mass is 10.2. The second-order valence-electron chi connectivity index (χ2n) is 4.07. The molecule has 4 nitrogen and oxygen atoms in total. The molecule has 0 spiro atoms. The second-order valence-corrected chi connectivity index (χ2v) is 4.07. The number of nitrogens with one attached hydrogen (secondary N) is 1. The topological polar surface area (TPSA) is 64.3 Å². The lowest BCUT2D eigenvalue weighted by molar-refractivity contribution is -0.118. The van der Waals surface area contributed by atoms with Crippen LogP contribution in [0.15, 0.2) is 24.3 Å². The molecular formula is C12H17ClN2O2. The number of hydrogen-bond donors (Lipinski definition) is 2. The Kier molecular flexibility index (Phi) is 4.37. The van der Waals surface area contributed by atoms with Gasteiger partial charge in [0.05, 0.1) is 12.1 Å². The number of benzene rings is 1. The van der Waals surface area contributed by atoms with Gasteiger partial charge < -0.3 is 15.8 Å². The highest BCUT2D eigenvalue weighted by Crippen LogP contribution is 2.33. The van der Waals surface area contributed by atoms with Gasteiger partial charge >= 0.3 is 0 Å². The fourth-order valence-electron chi connectivity index (χ4n) is 1.42. The molecule has 1 aliphatic carbocycles. The van der Waals surface area contributed by atoms with Gasteiger partial charge in [-0.2, -0.15) is 0 Å². The zero-order valence-electron chi connectivity index (χ0n) is 9.73. The molecule has 2 rings (SSSR count). The summed E-state index contributed by atoms with van der Waals surface area (Å²) in [5, 5.41) is 2.79. The van der Waals surface area contributed by atoms with Crippen molar-refractivity contribution >= 4 is 24.0 Å². The number of ether oxygens (including phenoxy) is 1. The van der Waals surface area contributed by atoms with Gasteiger partial charge in [0.2, 0.25) is 5.91 Å². The van der Waals surface area contributed by atoms with Gasteiger partial charge in [0.15, 0.2) is 0 Å². The van der Waals surface area contributed by atoms with E-state index in [-0.39, 0.29) is 18.3 Å². The molecule has 1 aromatic rings. The zero-order valence-corrected chi connectivity index (χ0v) is 10.5. The van der Waals surface area contributed by atoms with Gasteiger partial charge in [0.25, 0.3) is 0 Å². The Morgan fingerprint density at radius 2 is 2.00 bits per heavy atom. The van der Waals surface area contributed by atoms with Crippen LogP contribution in [-0.4, -0.2) is 18.1 Å². The van der Waals surface area contributed by atoms with Crippen LogP contribution in [0.1, 0.15) is 19.8 Å². The smallest absolute Gasteiger partial charge is 0.244 e. The lowest BCUT2D eigenvalue weighted by Gasteiger charge is -2.10. The van der Waals surface area contributed by atoms with Crippen molar-refractivity contribution in [3.8, 4) is 5.75 Å². The maximum absolute atomic E-state index is 11.6. The van der Waals surface area contributed by atoms with E-state index in [1.54, 1.807) is 0 Å². The molecule has 94 valence electrons. The second kappa shape index (κ2) is 5.38. The molecule has 5 heteroatoms. The first-order chi connectivity index (χ1) is 7.64. The van der Waals surface area contributed by atoms with Crippen molar-refractivity contribution < 1.29 is 9.53 Å². The van der Waals surface area contributed by atoms with Crippen LogP contribution in [0.5, 0.6) is 5.75 Å². The third-order valence-electron chi connectivity index (χ3n) is 2.66. The first-order valence-corrected chi connectivity index (χ1v) is 5.47. The van der Waals surface area contributed by atoms with Crippen molar-refractivity contribution in [1.29, 1.82) is 0 Å². The predicted molar refractivity (Wildman–Crippen MR) is 69.6 cm³/mol. The van der Waals surface area contributed by atoms with E-state index in [9.17, 15) is 4.79 Å². The third kappa shape index (κ3) is 3.35. The van der Waals surface area contributed by atoms with E-state index in [1.165, 1.54) is 0 Å². The number of halogens is 1. The first kappa shape index (κ1) is 13.8. The van der Waals surface area contributed by atoms with Crippen molar-refractivity contribution in [2.75, 3.05) is 11.9 Å². The van der Waals surface area contributed by atoms with E-state index in [0.29, 0.717) is 6.61 Å². The van der Waals surface area contributed by atoms with Crippen molar-refractivity contribution in [1.82, 2.24) is 0 Å². The van der Waals surface area contributed by atoms with Crippen molar-refractivity contribution in [3.05, 3.63) is 24.3 Å². The predicted octanol–water partition coefficient (Wildman–Crippen LogP) is 1.94. The number of carbonyl (C=O) groups is 1. The molecule has 1 fully saturated rings. The molecule has 0 saturated heterocycles. The number of nitrogens with two attached hydrogens (primary N) is 1. The van der Waals surface area contributed by atoms with Crippen LogP contribution in [-0.2, 0) is 4.79 Å². The largest absolute Gasteiger partial charge is 0.494 e. The van der Waals surface area contributed by atoms with Crippen LogP contribution >= 0.6 is 12.4 Å². The summed E-state index contributed by atoms with van der Waals surface area (Å²) in [6, 6.07) is 7.29. The summed E-state index contributed by atoms with van der Waals surface area (Å²) in [5.41, 5.74) is 5.91. The van der Waals surface area contributed by atoms with Gasteiger partial charge in [-0.25, -0.2) is 0 Å². The molecule has 1 aliphatic rings. The zero-order chi connectivity index (χ0) is 11.6. The minimum absolute atomic E-state index is 0. The molecule has 0 radical (unpaired) electrons. The van der Waals surface area contributed by atoms with Gasteiger partial charge in [-0.05, 0) is 44.0 Å². The summed E-state index contributed by atoms with van der Waals surface area (Å²) in [6.07, 6.45) is 1.55. The summed E-state index contributed by atoms with van der Waals surface area (Å²) in [4.78, 5) is 11.6. The van der Waals surface area contributed by atoms with Gasteiger partial charge in [0.1, 0.15) is 5.75 Å². The highest BCUT2D eigenvalue weighted by molar-refractivity contribution is 6.00. The average Bonchev–Trinajstić information content (AvgIpc) is 3.01. The minimum Gasteiger partial charge on any atom is -0.494 e. The van der Waals surface area contributed by atoms with Crippen molar-refractivity contribution in [3.63, 3.8) is 0 Å². The SMILES string of the molecule is CCOc1ccc(NC(=O)C2(N)CC2)cc1.Cl. The van der Waals surface area contributed by atoms with Gasteiger partial charge in [0, 0.05) is 5.69 Å². The van der Waals surface area contributed by atoms with E-state index in [1.807, 2.05) is 31.2 Å². The summed E-state index contributed by atoms with van der Waals surface area (Å²) in [5.74, 6) is 0.700. The Morgan fingerprint density at radius 3 is 2.47 bits per heavy atom. The van der Waals surface area contributed by atoms with E-state index >= 15 is 0 Å². The Morgan fingerprint density at radius 1 is 1.41 bits per heavy atom. The molecular weight excluding hydrogens is 240 g/mol. The van der Waals surface area contributed by atoms with Crippen LogP contribution in [0.25, 0.3) is 0 Å². The van der Waals surface area contributed by atoms with Gasteiger partial charge in [-0.1, -0.05) is 0 Å². The Bertz CT molecular complexity index is 388. The third-order valence-corrected chi connectivity index (χ3v) is 2.66. The molecule has 1 aromatic carbocycles. The maximum Gasteiger partial charge on any atom is 0.244 e. The number of rotatable bonds is 4. The van der Waals surface area contributed by atoms with E-state index in [0.717, 1.165) is 24.3 Å². The molecule has 1 amide bonds. The highest BCUT2D eigenvalue weighted by atomic mass is 35.5. The molecule has 0 bridgehead atoms. The normalized spacial score (nSPS) is 15.6. The monoisotopic (exact) mass is 256 g/mol. The lowest BCUT2D eigenvalue weighted by Crippen LogP contribution is -2.37. The Balaban J connectivity index is 0.00000144. The summed E-state index contributed by atoms with van der Waals surface area (Å²) in [6.45, 7) is 2.57. The molecule has 1 saturated carbocycles. The van der Waals surface area contributed by atoms with Crippen molar-refractivity contribution in [2.24, 2.45) is 5.73 Å². The molecule has 0 aromatic heterocycles. The van der Waals surface area contributed by atoms with Crippen LogP contribution < -0.4 is 15.8 Å². The number of anilines is 1. The molecule has 0 aliphatic heterocycles. The fourth-order valence-corrected chi connectivity index (χ4v) is 1.42. The standard InChI is InChI=1S/C12H16N2O2.ClH/c1-2-16-10-5-3-9(4-6-10)14-11(15)12(13)7-8-12;/h3-6H,2,7-8,13H2,1H3,(H,14,15);1H. The molecule has 3 N–H and O–H groups in total. The van der Waals surface area contributed by atoms with Crippen LogP contribution in [0.2, 0.25) is 0 Å². The number of carbonyl (C=O) groups excluding carboxylic acids is 1. The molecule has 0 atom stereocenters. The molecule has 17 heavy (non-hydrogen) atoms. The molecule has 0 heterocycles. The summed E-state index contributed by atoms with van der Waals surface area (Å²) < 4.78 is 5.31. The van der Waals surface area contributed by atoms with Gasteiger partial charge in [-0.15, -0.1) is 12.4 Å². The molecule has 0 unspecified atom stereocenters. The Labute approximate surface area is 107 Å².